The molecule has 4 N–H and O–H groups in total. The molecule has 1 aliphatic carbocycles. The standard InChI is InChI=1S/C15H27N3O2.ClH/c16-11-15(7-3-1-4-8-15)10-13(19)18-12-6-2-5-9-17-14(12)20;/h12H,1-11,16H2,(H,17,20)(H,18,19);1H. The smallest absolute Gasteiger partial charge is 0.242 e. The topological polar surface area (TPSA) is 84.2 Å². The SMILES string of the molecule is Cl.NCC1(CC(=O)NC2CCCCNC2=O)CCCCC1. The third kappa shape index (κ3) is 5.15. The average Bonchev–Trinajstić information content (AvgIpc) is 2.65. The fraction of sp³-hybridized carbons (Fsp3) is 0.867. The highest BCUT2D eigenvalue weighted by atomic mass is 35.5. The van der Waals surface area contributed by atoms with Gasteiger partial charge in [0.05, 0.1) is 0 Å². The Hall–Kier alpha value is -0.810. The fourth-order valence-electron chi connectivity index (χ4n) is 3.42. The van der Waals surface area contributed by atoms with Gasteiger partial charge in [0.25, 0.3) is 0 Å². The van der Waals surface area contributed by atoms with Crippen LogP contribution in [-0.2, 0) is 9.59 Å². The van der Waals surface area contributed by atoms with Gasteiger partial charge in [-0.15, -0.1) is 12.4 Å². The molecule has 2 amide bonds. The Bertz CT molecular complexity index is 357. The first-order chi connectivity index (χ1) is 9.65. The van der Waals surface area contributed by atoms with Crippen LogP contribution in [0.1, 0.15) is 57.8 Å². The third-order valence-electron chi connectivity index (χ3n) is 4.75. The van der Waals surface area contributed by atoms with Gasteiger partial charge in [0.15, 0.2) is 0 Å². The van der Waals surface area contributed by atoms with E-state index in [2.05, 4.69) is 10.6 Å². The van der Waals surface area contributed by atoms with Crippen LogP contribution < -0.4 is 16.4 Å². The van der Waals surface area contributed by atoms with Gasteiger partial charge >= 0.3 is 0 Å². The zero-order chi connectivity index (χ0) is 14.4. The van der Waals surface area contributed by atoms with Crippen molar-refractivity contribution in [1.29, 1.82) is 0 Å². The van der Waals surface area contributed by atoms with Crippen molar-refractivity contribution in [2.45, 2.75) is 63.8 Å². The monoisotopic (exact) mass is 317 g/mol. The van der Waals surface area contributed by atoms with Gasteiger partial charge in [-0.05, 0) is 44.1 Å². The van der Waals surface area contributed by atoms with E-state index in [1.54, 1.807) is 0 Å². The summed E-state index contributed by atoms with van der Waals surface area (Å²) in [4.78, 5) is 24.1. The molecule has 0 aromatic carbocycles. The maximum atomic E-state index is 12.3. The highest BCUT2D eigenvalue weighted by Crippen LogP contribution is 2.38. The van der Waals surface area contributed by atoms with Crippen LogP contribution >= 0.6 is 12.4 Å². The van der Waals surface area contributed by atoms with Gasteiger partial charge in [0.2, 0.25) is 11.8 Å². The van der Waals surface area contributed by atoms with Crippen LogP contribution in [0.25, 0.3) is 0 Å². The average molecular weight is 318 g/mol. The van der Waals surface area contributed by atoms with Crippen LogP contribution in [-0.4, -0.2) is 30.9 Å². The summed E-state index contributed by atoms with van der Waals surface area (Å²) in [5, 5.41) is 5.76. The number of nitrogens with one attached hydrogen (secondary N) is 2. The molecule has 1 unspecified atom stereocenters. The van der Waals surface area contributed by atoms with Crippen molar-refractivity contribution >= 4 is 24.2 Å². The lowest BCUT2D eigenvalue weighted by Gasteiger charge is -2.36. The summed E-state index contributed by atoms with van der Waals surface area (Å²) < 4.78 is 0. The van der Waals surface area contributed by atoms with Gasteiger partial charge in [0.1, 0.15) is 6.04 Å². The Labute approximate surface area is 133 Å². The Balaban J connectivity index is 0.00000220. The molecule has 2 aliphatic rings. The molecule has 2 rings (SSSR count). The maximum absolute atomic E-state index is 12.3. The number of nitrogens with two attached hydrogens (primary N) is 1. The van der Waals surface area contributed by atoms with Crippen LogP contribution in [0.3, 0.4) is 0 Å². The maximum Gasteiger partial charge on any atom is 0.242 e. The Morgan fingerprint density at radius 1 is 1.24 bits per heavy atom. The summed E-state index contributed by atoms with van der Waals surface area (Å²) in [6.07, 6.45) is 8.82. The molecule has 0 bridgehead atoms. The van der Waals surface area contributed by atoms with Crippen LogP contribution in [0.15, 0.2) is 0 Å². The third-order valence-corrected chi connectivity index (χ3v) is 4.75. The number of hydrogen-bond donors (Lipinski definition) is 3. The van der Waals surface area contributed by atoms with Gasteiger partial charge in [-0.2, -0.15) is 0 Å². The van der Waals surface area contributed by atoms with E-state index < -0.39 is 0 Å². The second-order valence-corrected chi connectivity index (χ2v) is 6.35. The molecule has 1 aliphatic heterocycles. The molecular formula is C15H28ClN3O2. The summed E-state index contributed by atoms with van der Waals surface area (Å²) in [5.41, 5.74) is 5.87. The fourth-order valence-corrected chi connectivity index (χ4v) is 3.42. The van der Waals surface area contributed by atoms with E-state index in [1.165, 1.54) is 6.42 Å². The number of carbonyl (C=O) groups is 2. The predicted molar refractivity (Wildman–Crippen MR) is 85.2 cm³/mol. The van der Waals surface area contributed by atoms with E-state index in [-0.39, 0.29) is 35.7 Å². The molecule has 5 nitrogen and oxygen atoms in total. The van der Waals surface area contributed by atoms with Gasteiger partial charge in [0, 0.05) is 13.0 Å². The molecular weight excluding hydrogens is 290 g/mol. The number of rotatable bonds is 4. The number of carbonyl (C=O) groups excluding carboxylic acids is 2. The van der Waals surface area contributed by atoms with E-state index in [4.69, 9.17) is 5.73 Å². The zero-order valence-corrected chi connectivity index (χ0v) is 13.5. The second kappa shape index (κ2) is 8.59. The van der Waals surface area contributed by atoms with Crippen molar-refractivity contribution in [3.05, 3.63) is 0 Å². The van der Waals surface area contributed by atoms with Gasteiger partial charge in [-0.3, -0.25) is 9.59 Å². The van der Waals surface area contributed by atoms with Crippen LogP contribution in [0.2, 0.25) is 0 Å². The van der Waals surface area contributed by atoms with Crippen molar-refractivity contribution in [2.75, 3.05) is 13.1 Å². The molecule has 0 aromatic heterocycles. The molecule has 1 saturated carbocycles. The minimum atomic E-state index is -0.358. The minimum Gasteiger partial charge on any atom is -0.354 e. The zero-order valence-electron chi connectivity index (χ0n) is 12.7. The van der Waals surface area contributed by atoms with E-state index in [9.17, 15) is 9.59 Å². The van der Waals surface area contributed by atoms with Gasteiger partial charge in [-0.1, -0.05) is 19.3 Å². The minimum absolute atomic E-state index is 0. The molecule has 0 spiro atoms. The molecule has 1 atom stereocenters. The van der Waals surface area contributed by atoms with Crippen molar-refractivity contribution in [2.24, 2.45) is 11.1 Å². The van der Waals surface area contributed by atoms with E-state index in [1.807, 2.05) is 0 Å². The highest BCUT2D eigenvalue weighted by molar-refractivity contribution is 5.88. The van der Waals surface area contributed by atoms with Crippen LogP contribution in [0, 0.1) is 5.41 Å². The number of hydrogen-bond acceptors (Lipinski definition) is 3. The number of amides is 2. The molecule has 21 heavy (non-hydrogen) atoms. The van der Waals surface area contributed by atoms with Crippen molar-refractivity contribution in [3.63, 3.8) is 0 Å². The van der Waals surface area contributed by atoms with Gasteiger partial charge < -0.3 is 16.4 Å². The summed E-state index contributed by atoms with van der Waals surface area (Å²) in [6, 6.07) is -0.358. The lowest BCUT2D eigenvalue weighted by atomic mass is 9.71. The molecule has 122 valence electrons. The van der Waals surface area contributed by atoms with Crippen molar-refractivity contribution in [1.82, 2.24) is 10.6 Å². The van der Waals surface area contributed by atoms with Crippen LogP contribution in [0.4, 0.5) is 0 Å². The van der Waals surface area contributed by atoms with E-state index in [0.717, 1.165) is 51.5 Å². The van der Waals surface area contributed by atoms with Gasteiger partial charge in [-0.25, -0.2) is 0 Å². The molecule has 1 heterocycles. The molecule has 2 fully saturated rings. The lowest BCUT2D eigenvalue weighted by molar-refractivity contribution is -0.130. The largest absolute Gasteiger partial charge is 0.354 e. The second-order valence-electron chi connectivity index (χ2n) is 6.35. The normalized spacial score (nSPS) is 25.2. The summed E-state index contributed by atoms with van der Waals surface area (Å²) in [7, 11) is 0. The first-order valence-corrected chi connectivity index (χ1v) is 7.92. The first-order valence-electron chi connectivity index (χ1n) is 7.92. The van der Waals surface area contributed by atoms with Crippen LogP contribution in [0.5, 0.6) is 0 Å². The first kappa shape index (κ1) is 18.2. The summed E-state index contributed by atoms with van der Waals surface area (Å²) in [6.45, 7) is 1.29. The molecule has 1 saturated heterocycles. The highest BCUT2D eigenvalue weighted by Gasteiger charge is 2.34. The lowest BCUT2D eigenvalue weighted by Crippen LogP contribution is -2.47. The summed E-state index contributed by atoms with van der Waals surface area (Å²) >= 11 is 0. The Morgan fingerprint density at radius 2 is 1.95 bits per heavy atom. The number of halogens is 1. The Kier molecular flexibility index (Phi) is 7.46. The Morgan fingerprint density at radius 3 is 2.62 bits per heavy atom. The summed E-state index contributed by atoms with van der Waals surface area (Å²) in [5.74, 6) is -0.0549. The van der Waals surface area contributed by atoms with Crippen molar-refractivity contribution in [3.8, 4) is 0 Å². The molecule has 0 radical (unpaired) electrons. The van der Waals surface area contributed by atoms with E-state index in [0.29, 0.717) is 13.0 Å². The van der Waals surface area contributed by atoms with E-state index >= 15 is 0 Å². The quantitative estimate of drug-likeness (QED) is 0.734. The molecule has 6 heteroatoms. The van der Waals surface area contributed by atoms with Crippen molar-refractivity contribution < 1.29 is 9.59 Å². The predicted octanol–water partition coefficient (Wildman–Crippen LogP) is 1.49. The molecule has 0 aromatic rings.